The van der Waals surface area contributed by atoms with Crippen LogP contribution in [0.1, 0.15) is 6.42 Å². The molecule has 1 aromatic carbocycles. The van der Waals surface area contributed by atoms with Crippen LogP contribution in [0.5, 0.6) is 0 Å². The predicted molar refractivity (Wildman–Crippen MR) is 95.2 cm³/mol. The van der Waals surface area contributed by atoms with Crippen LogP contribution in [-0.2, 0) is 4.79 Å². The van der Waals surface area contributed by atoms with Gasteiger partial charge in [0.05, 0.1) is 5.75 Å². The number of benzene rings is 1. The van der Waals surface area contributed by atoms with Crippen LogP contribution in [0.4, 0.5) is 5.69 Å². The minimum atomic E-state index is 0.0738. The van der Waals surface area contributed by atoms with Crippen LogP contribution in [0.2, 0.25) is 5.02 Å². The first-order chi connectivity index (χ1) is 11.2. The maximum absolute atomic E-state index is 12.1. The Morgan fingerprint density at radius 1 is 1.35 bits per heavy atom. The number of aromatic nitrogens is 1. The van der Waals surface area contributed by atoms with Crippen LogP contribution in [0.25, 0.3) is 0 Å². The van der Waals surface area contributed by atoms with Gasteiger partial charge in [0.15, 0.2) is 0 Å². The van der Waals surface area contributed by atoms with E-state index >= 15 is 0 Å². The second-order valence-electron chi connectivity index (χ2n) is 5.45. The second kappa shape index (κ2) is 7.70. The van der Waals surface area contributed by atoms with Crippen molar-refractivity contribution in [1.82, 2.24) is 10.3 Å². The molecule has 1 aliphatic rings. The largest absolute Gasteiger partial charge is 0.369 e. The normalized spacial score (nSPS) is 17.3. The quantitative estimate of drug-likeness (QED) is 0.843. The predicted octanol–water partition coefficient (Wildman–Crippen LogP) is 3.22. The van der Waals surface area contributed by atoms with Gasteiger partial charge < -0.3 is 10.2 Å². The number of hydrogen-bond donors (Lipinski definition) is 1. The molecule has 1 aliphatic heterocycles. The zero-order chi connectivity index (χ0) is 16.1. The minimum absolute atomic E-state index is 0.0738. The third kappa shape index (κ3) is 4.62. The zero-order valence-corrected chi connectivity index (χ0v) is 14.2. The number of nitrogens with zero attached hydrogens (tertiary/aromatic N) is 2. The Morgan fingerprint density at radius 2 is 2.17 bits per heavy atom. The Morgan fingerprint density at radius 3 is 2.96 bits per heavy atom. The first-order valence-corrected chi connectivity index (χ1v) is 8.90. The van der Waals surface area contributed by atoms with Gasteiger partial charge in [-0.15, -0.1) is 11.8 Å². The SMILES string of the molecule is O=C(CSc1ccncc1)NC1CCN(c2cccc(Cl)c2)C1. The lowest BCUT2D eigenvalue weighted by molar-refractivity contribution is -0.119. The molecule has 120 valence electrons. The van der Waals surface area contributed by atoms with Crippen molar-refractivity contribution in [3.05, 3.63) is 53.8 Å². The highest BCUT2D eigenvalue weighted by Crippen LogP contribution is 2.23. The maximum atomic E-state index is 12.1. The molecule has 0 aliphatic carbocycles. The lowest BCUT2D eigenvalue weighted by atomic mass is 10.2. The van der Waals surface area contributed by atoms with Crippen molar-refractivity contribution in [1.29, 1.82) is 0 Å². The molecular weight excluding hydrogens is 330 g/mol. The fraction of sp³-hybridized carbons (Fsp3) is 0.294. The van der Waals surface area contributed by atoms with E-state index in [0.717, 1.165) is 35.1 Å². The molecule has 1 fully saturated rings. The highest BCUT2D eigenvalue weighted by Gasteiger charge is 2.24. The summed E-state index contributed by atoms with van der Waals surface area (Å²) >= 11 is 7.57. The molecule has 1 amide bonds. The summed E-state index contributed by atoms with van der Waals surface area (Å²) in [5, 5.41) is 3.85. The zero-order valence-electron chi connectivity index (χ0n) is 12.6. The van der Waals surface area contributed by atoms with Gasteiger partial charge in [0, 0.05) is 47.1 Å². The summed E-state index contributed by atoms with van der Waals surface area (Å²) in [5.74, 6) is 0.502. The van der Waals surface area contributed by atoms with Gasteiger partial charge in [0.25, 0.3) is 0 Å². The van der Waals surface area contributed by atoms with Crippen LogP contribution < -0.4 is 10.2 Å². The van der Waals surface area contributed by atoms with Crippen LogP contribution in [0.15, 0.2) is 53.7 Å². The molecule has 1 unspecified atom stereocenters. The molecule has 2 aromatic rings. The van der Waals surface area contributed by atoms with Crippen LogP contribution in [0.3, 0.4) is 0 Å². The van der Waals surface area contributed by atoms with Gasteiger partial charge in [-0.25, -0.2) is 0 Å². The van der Waals surface area contributed by atoms with Gasteiger partial charge in [-0.1, -0.05) is 17.7 Å². The van der Waals surface area contributed by atoms with Crippen molar-refractivity contribution in [2.75, 3.05) is 23.7 Å². The van der Waals surface area contributed by atoms with Gasteiger partial charge in [-0.3, -0.25) is 9.78 Å². The molecule has 1 aromatic heterocycles. The summed E-state index contributed by atoms with van der Waals surface area (Å²) in [4.78, 5) is 19.4. The monoisotopic (exact) mass is 347 g/mol. The van der Waals surface area contributed by atoms with Gasteiger partial charge >= 0.3 is 0 Å². The highest BCUT2D eigenvalue weighted by atomic mass is 35.5. The van der Waals surface area contributed by atoms with E-state index < -0.39 is 0 Å². The minimum Gasteiger partial charge on any atom is -0.369 e. The third-order valence-corrected chi connectivity index (χ3v) is 4.99. The van der Waals surface area contributed by atoms with Crippen molar-refractivity contribution >= 4 is 35.0 Å². The van der Waals surface area contributed by atoms with E-state index in [4.69, 9.17) is 11.6 Å². The molecule has 23 heavy (non-hydrogen) atoms. The van der Waals surface area contributed by atoms with E-state index in [1.807, 2.05) is 30.3 Å². The number of hydrogen-bond acceptors (Lipinski definition) is 4. The molecule has 4 nitrogen and oxygen atoms in total. The second-order valence-corrected chi connectivity index (χ2v) is 6.94. The van der Waals surface area contributed by atoms with Crippen LogP contribution in [0, 0.1) is 0 Å². The molecule has 0 bridgehead atoms. The van der Waals surface area contributed by atoms with E-state index in [0.29, 0.717) is 5.75 Å². The summed E-state index contributed by atoms with van der Waals surface area (Å²) < 4.78 is 0. The Kier molecular flexibility index (Phi) is 5.41. The van der Waals surface area contributed by atoms with Crippen molar-refractivity contribution in [3.63, 3.8) is 0 Å². The number of anilines is 1. The first-order valence-electron chi connectivity index (χ1n) is 7.53. The summed E-state index contributed by atoms with van der Waals surface area (Å²) in [6.07, 6.45) is 4.43. The fourth-order valence-electron chi connectivity index (χ4n) is 2.64. The van der Waals surface area contributed by atoms with Crippen molar-refractivity contribution in [3.8, 4) is 0 Å². The fourth-order valence-corrected chi connectivity index (χ4v) is 3.52. The Hall–Kier alpha value is -1.72. The Balaban J connectivity index is 1.47. The molecule has 1 saturated heterocycles. The molecular formula is C17H18ClN3OS. The number of halogens is 1. The van der Waals surface area contributed by atoms with Gasteiger partial charge in [-0.2, -0.15) is 0 Å². The van der Waals surface area contributed by atoms with Crippen molar-refractivity contribution < 1.29 is 4.79 Å². The summed E-state index contributed by atoms with van der Waals surface area (Å²) in [5.41, 5.74) is 1.11. The lowest BCUT2D eigenvalue weighted by Crippen LogP contribution is -2.38. The molecule has 0 radical (unpaired) electrons. The number of pyridine rings is 1. The van der Waals surface area contributed by atoms with E-state index in [1.54, 1.807) is 12.4 Å². The summed E-state index contributed by atoms with van der Waals surface area (Å²) in [6.45, 7) is 1.76. The molecule has 2 heterocycles. The molecule has 1 atom stereocenters. The lowest BCUT2D eigenvalue weighted by Gasteiger charge is -2.19. The molecule has 0 saturated carbocycles. The molecule has 3 rings (SSSR count). The van der Waals surface area contributed by atoms with Gasteiger partial charge in [0.1, 0.15) is 0 Å². The molecule has 0 spiro atoms. The topological polar surface area (TPSA) is 45.2 Å². The number of carbonyl (C=O) groups is 1. The number of amides is 1. The van der Waals surface area contributed by atoms with Crippen LogP contribution in [-0.4, -0.2) is 35.8 Å². The standard InChI is InChI=1S/C17H18ClN3OS/c18-13-2-1-3-15(10-13)21-9-6-14(11-21)20-17(22)12-23-16-4-7-19-8-5-16/h1-5,7-8,10,14H,6,9,11-12H2,(H,20,22). The number of carbonyl (C=O) groups excluding carboxylic acids is 1. The van der Waals surface area contributed by atoms with E-state index in [1.165, 1.54) is 11.8 Å². The molecule has 6 heteroatoms. The van der Waals surface area contributed by atoms with Gasteiger partial charge in [0.2, 0.25) is 5.91 Å². The Labute approximate surface area is 145 Å². The Bertz CT molecular complexity index is 668. The van der Waals surface area contributed by atoms with Crippen LogP contribution >= 0.6 is 23.4 Å². The highest BCUT2D eigenvalue weighted by molar-refractivity contribution is 8.00. The van der Waals surface area contributed by atoms with E-state index in [-0.39, 0.29) is 11.9 Å². The average Bonchev–Trinajstić information content (AvgIpc) is 3.02. The average molecular weight is 348 g/mol. The number of rotatable bonds is 5. The maximum Gasteiger partial charge on any atom is 0.230 e. The van der Waals surface area contributed by atoms with Crippen molar-refractivity contribution in [2.24, 2.45) is 0 Å². The smallest absolute Gasteiger partial charge is 0.230 e. The number of thioether (sulfide) groups is 1. The summed E-state index contributed by atoms with van der Waals surface area (Å²) in [7, 11) is 0. The molecule has 1 N–H and O–H groups in total. The third-order valence-electron chi connectivity index (χ3n) is 3.75. The van der Waals surface area contributed by atoms with E-state index in [2.05, 4.69) is 21.3 Å². The first kappa shape index (κ1) is 16.1. The van der Waals surface area contributed by atoms with Gasteiger partial charge in [-0.05, 0) is 36.8 Å². The van der Waals surface area contributed by atoms with E-state index in [9.17, 15) is 4.79 Å². The van der Waals surface area contributed by atoms with Crippen molar-refractivity contribution in [2.45, 2.75) is 17.4 Å². The summed E-state index contributed by atoms with van der Waals surface area (Å²) in [6, 6.07) is 11.9. The number of nitrogens with one attached hydrogen (secondary N) is 1.